The highest BCUT2D eigenvalue weighted by Crippen LogP contribution is 2.33. The van der Waals surface area contributed by atoms with Crippen LogP contribution in [0.1, 0.15) is 18.1 Å². The van der Waals surface area contributed by atoms with Gasteiger partial charge in [-0.1, -0.05) is 29.3 Å². The van der Waals surface area contributed by atoms with Crippen LogP contribution in [0.2, 0.25) is 10.0 Å². The molecule has 2 aromatic rings. The number of halogens is 5. The summed E-state index contributed by atoms with van der Waals surface area (Å²) in [4.78, 5) is 0. The second-order valence-corrected chi connectivity index (χ2v) is 5.90. The summed E-state index contributed by atoms with van der Waals surface area (Å²) in [6.07, 6.45) is 0.158. The van der Waals surface area contributed by atoms with Gasteiger partial charge in [-0.05, 0) is 48.7 Å². The van der Waals surface area contributed by atoms with E-state index in [1.165, 1.54) is 12.1 Å². The molecule has 1 atom stereocenters. The van der Waals surface area contributed by atoms with Crippen LogP contribution in [0, 0.1) is 17.5 Å². The molecule has 0 aliphatic rings. The van der Waals surface area contributed by atoms with Gasteiger partial charge in [0.05, 0.1) is 5.02 Å². The Morgan fingerprint density at radius 3 is 2.24 bits per heavy atom. The number of nitrogens with two attached hydrogens (primary N) is 1. The molecule has 112 valence electrons. The summed E-state index contributed by atoms with van der Waals surface area (Å²) in [5.74, 6) is -2.54. The average Bonchev–Trinajstić information content (AvgIpc) is 2.37. The van der Waals surface area contributed by atoms with Crippen molar-refractivity contribution in [2.24, 2.45) is 5.73 Å². The van der Waals surface area contributed by atoms with Gasteiger partial charge in [0.25, 0.3) is 0 Å². The maximum absolute atomic E-state index is 13.6. The maximum Gasteiger partial charge on any atom is 0.159 e. The van der Waals surface area contributed by atoms with Crippen LogP contribution in [0.4, 0.5) is 13.2 Å². The van der Waals surface area contributed by atoms with Gasteiger partial charge in [-0.3, -0.25) is 0 Å². The minimum Gasteiger partial charge on any atom is -0.321 e. The molecule has 1 nitrogen and oxygen atoms in total. The van der Waals surface area contributed by atoms with Gasteiger partial charge in [0.1, 0.15) is 5.82 Å². The molecule has 0 radical (unpaired) electrons. The zero-order valence-corrected chi connectivity index (χ0v) is 12.6. The first-order valence-electron chi connectivity index (χ1n) is 6.08. The summed E-state index contributed by atoms with van der Waals surface area (Å²) in [7, 11) is 0. The molecule has 2 N–H and O–H groups in total. The van der Waals surface area contributed by atoms with Gasteiger partial charge in [0.2, 0.25) is 0 Å². The fraction of sp³-hybridized carbons (Fsp3) is 0.200. The van der Waals surface area contributed by atoms with Crippen molar-refractivity contribution in [2.75, 3.05) is 0 Å². The van der Waals surface area contributed by atoms with Gasteiger partial charge >= 0.3 is 0 Å². The average molecular weight is 334 g/mol. The highest BCUT2D eigenvalue weighted by molar-refractivity contribution is 6.35. The fourth-order valence-electron chi connectivity index (χ4n) is 2.13. The van der Waals surface area contributed by atoms with E-state index in [1.54, 1.807) is 6.92 Å². The van der Waals surface area contributed by atoms with E-state index >= 15 is 0 Å². The number of benzene rings is 2. The number of rotatable bonds is 3. The Labute approximate surface area is 130 Å². The van der Waals surface area contributed by atoms with Gasteiger partial charge < -0.3 is 5.73 Å². The van der Waals surface area contributed by atoms with Crippen molar-refractivity contribution in [1.29, 1.82) is 0 Å². The summed E-state index contributed by atoms with van der Waals surface area (Å²) in [5, 5.41) is 0.112. The standard InChI is InChI=1S/C15H12Cl2F3N/c1-15(21,7-8-2-3-12(18)14(20)4-8)9-5-13(19)11(17)6-10(9)16/h2-6H,7,21H2,1H3. The zero-order chi connectivity index (χ0) is 15.8. The van der Waals surface area contributed by atoms with Crippen molar-refractivity contribution >= 4 is 23.2 Å². The van der Waals surface area contributed by atoms with Crippen molar-refractivity contribution in [2.45, 2.75) is 18.9 Å². The second-order valence-electron chi connectivity index (χ2n) is 5.09. The van der Waals surface area contributed by atoms with Gasteiger partial charge in [-0.15, -0.1) is 0 Å². The van der Waals surface area contributed by atoms with Crippen LogP contribution in [-0.2, 0) is 12.0 Å². The van der Waals surface area contributed by atoms with Gasteiger partial charge in [-0.2, -0.15) is 0 Å². The van der Waals surface area contributed by atoms with Gasteiger partial charge in [-0.25, -0.2) is 13.2 Å². The quantitative estimate of drug-likeness (QED) is 0.800. The van der Waals surface area contributed by atoms with E-state index in [-0.39, 0.29) is 16.5 Å². The van der Waals surface area contributed by atoms with Crippen LogP contribution in [0.3, 0.4) is 0 Å². The Kier molecular flexibility index (Phi) is 4.51. The molecular formula is C15H12Cl2F3N. The highest BCUT2D eigenvalue weighted by atomic mass is 35.5. The molecule has 0 aliphatic carbocycles. The first kappa shape index (κ1) is 16.1. The van der Waals surface area contributed by atoms with E-state index in [9.17, 15) is 13.2 Å². The Hall–Kier alpha value is -1.23. The molecule has 0 amide bonds. The lowest BCUT2D eigenvalue weighted by atomic mass is 9.86. The molecule has 0 saturated heterocycles. The van der Waals surface area contributed by atoms with Crippen molar-refractivity contribution in [3.63, 3.8) is 0 Å². The Bertz CT molecular complexity index is 687. The lowest BCUT2D eigenvalue weighted by molar-refractivity contribution is 0.477. The van der Waals surface area contributed by atoms with Crippen LogP contribution >= 0.6 is 23.2 Å². The number of hydrogen-bond donors (Lipinski definition) is 1. The molecule has 1 unspecified atom stereocenters. The van der Waals surface area contributed by atoms with Crippen molar-refractivity contribution in [3.05, 3.63) is 69.0 Å². The third kappa shape index (κ3) is 3.51. The molecule has 6 heteroatoms. The second kappa shape index (κ2) is 5.87. The van der Waals surface area contributed by atoms with E-state index in [1.807, 2.05) is 0 Å². The first-order chi connectivity index (χ1) is 9.70. The highest BCUT2D eigenvalue weighted by Gasteiger charge is 2.26. The fourth-order valence-corrected chi connectivity index (χ4v) is 2.73. The molecule has 0 spiro atoms. The third-order valence-electron chi connectivity index (χ3n) is 3.18. The van der Waals surface area contributed by atoms with E-state index < -0.39 is 23.0 Å². The number of hydrogen-bond acceptors (Lipinski definition) is 1. The molecule has 0 aliphatic heterocycles. The summed E-state index contributed by atoms with van der Waals surface area (Å²) in [6, 6.07) is 5.92. The van der Waals surface area contributed by atoms with Crippen molar-refractivity contribution < 1.29 is 13.2 Å². The summed E-state index contributed by atoms with van der Waals surface area (Å²) in [6.45, 7) is 1.63. The molecular weight excluding hydrogens is 322 g/mol. The Morgan fingerprint density at radius 2 is 1.62 bits per heavy atom. The SMILES string of the molecule is CC(N)(Cc1ccc(F)c(F)c1)c1cc(F)c(Cl)cc1Cl. The van der Waals surface area contributed by atoms with Crippen molar-refractivity contribution in [1.82, 2.24) is 0 Å². The van der Waals surface area contributed by atoms with Crippen LogP contribution in [0.25, 0.3) is 0 Å². The molecule has 0 bridgehead atoms. The van der Waals surface area contributed by atoms with Crippen LogP contribution in [0.15, 0.2) is 30.3 Å². The maximum atomic E-state index is 13.6. The van der Waals surface area contributed by atoms with E-state index in [2.05, 4.69) is 0 Å². The first-order valence-corrected chi connectivity index (χ1v) is 6.84. The minimum absolute atomic E-state index is 0.104. The van der Waals surface area contributed by atoms with Crippen LogP contribution < -0.4 is 5.73 Å². The molecule has 0 heterocycles. The van der Waals surface area contributed by atoms with Gasteiger partial charge in [0, 0.05) is 10.6 Å². The summed E-state index contributed by atoms with van der Waals surface area (Å²) < 4.78 is 39.7. The smallest absolute Gasteiger partial charge is 0.159 e. The Balaban J connectivity index is 2.37. The molecule has 2 rings (SSSR count). The third-order valence-corrected chi connectivity index (χ3v) is 3.78. The van der Waals surface area contributed by atoms with E-state index in [4.69, 9.17) is 28.9 Å². The van der Waals surface area contributed by atoms with Crippen LogP contribution in [0.5, 0.6) is 0 Å². The predicted molar refractivity (Wildman–Crippen MR) is 78.0 cm³/mol. The monoisotopic (exact) mass is 333 g/mol. The minimum atomic E-state index is -1.06. The molecule has 2 aromatic carbocycles. The van der Waals surface area contributed by atoms with E-state index in [0.29, 0.717) is 11.1 Å². The van der Waals surface area contributed by atoms with Crippen LogP contribution in [-0.4, -0.2) is 0 Å². The molecule has 0 saturated carbocycles. The van der Waals surface area contributed by atoms with E-state index in [0.717, 1.165) is 18.2 Å². The Morgan fingerprint density at radius 1 is 0.952 bits per heavy atom. The lowest BCUT2D eigenvalue weighted by Crippen LogP contribution is -2.36. The lowest BCUT2D eigenvalue weighted by Gasteiger charge is -2.27. The molecule has 0 aromatic heterocycles. The predicted octanol–water partition coefficient (Wildman–Crippen LogP) is 4.83. The van der Waals surface area contributed by atoms with Crippen molar-refractivity contribution in [3.8, 4) is 0 Å². The normalized spacial score (nSPS) is 14.0. The summed E-state index contributed by atoms with van der Waals surface area (Å²) in [5.41, 5.74) is 5.93. The zero-order valence-electron chi connectivity index (χ0n) is 11.1. The molecule has 0 fully saturated rings. The van der Waals surface area contributed by atoms with Gasteiger partial charge in [0.15, 0.2) is 11.6 Å². The molecule has 21 heavy (non-hydrogen) atoms. The summed E-state index contributed by atoms with van der Waals surface area (Å²) >= 11 is 11.7. The topological polar surface area (TPSA) is 26.0 Å². The largest absolute Gasteiger partial charge is 0.321 e.